The predicted octanol–water partition coefficient (Wildman–Crippen LogP) is 3.99. The van der Waals surface area contributed by atoms with Gasteiger partial charge in [0.2, 0.25) is 11.8 Å². The molecule has 1 aliphatic carbocycles. The van der Waals surface area contributed by atoms with E-state index in [4.69, 9.17) is 0 Å². The molecule has 154 valence electrons. The van der Waals surface area contributed by atoms with Crippen LogP contribution in [0.4, 0.5) is 5.69 Å². The molecule has 1 aromatic heterocycles. The van der Waals surface area contributed by atoms with Crippen molar-refractivity contribution in [1.82, 2.24) is 9.88 Å². The Kier molecular flexibility index (Phi) is 4.81. The van der Waals surface area contributed by atoms with Gasteiger partial charge in [-0.2, -0.15) is 0 Å². The standard InChI is InChI=1S/C25H27N3O2/c1-16-5-8-23-22(11-16)19(14-26-23)9-10-28-15-20(13-24(28)29)25(30)27-21-7-6-17-3-2-4-18(17)12-21/h5-8,11-12,14,20,26H,2-4,9-10,13,15H2,1H3,(H,27,30)/t20-/m1/s1. The van der Waals surface area contributed by atoms with E-state index in [-0.39, 0.29) is 17.7 Å². The van der Waals surface area contributed by atoms with Crippen molar-refractivity contribution in [2.75, 3.05) is 18.4 Å². The normalized spacial score (nSPS) is 18.2. The van der Waals surface area contributed by atoms with Crippen LogP contribution in [-0.4, -0.2) is 34.8 Å². The average molecular weight is 402 g/mol. The average Bonchev–Trinajstić information content (AvgIpc) is 3.44. The van der Waals surface area contributed by atoms with Crippen LogP contribution in [0.2, 0.25) is 0 Å². The first-order valence-electron chi connectivity index (χ1n) is 10.8. The van der Waals surface area contributed by atoms with Gasteiger partial charge in [0.15, 0.2) is 0 Å². The van der Waals surface area contributed by atoms with Crippen LogP contribution < -0.4 is 5.32 Å². The maximum Gasteiger partial charge on any atom is 0.229 e. The van der Waals surface area contributed by atoms with Gasteiger partial charge in [-0.05, 0) is 73.6 Å². The molecule has 2 aromatic carbocycles. The summed E-state index contributed by atoms with van der Waals surface area (Å²) in [6, 6.07) is 12.6. The lowest BCUT2D eigenvalue weighted by Gasteiger charge is -2.16. The molecule has 2 heterocycles. The van der Waals surface area contributed by atoms with Crippen LogP contribution in [0.3, 0.4) is 0 Å². The van der Waals surface area contributed by atoms with E-state index in [9.17, 15) is 9.59 Å². The zero-order chi connectivity index (χ0) is 20.7. The van der Waals surface area contributed by atoms with Crippen LogP contribution in [-0.2, 0) is 28.9 Å². The van der Waals surface area contributed by atoms with E-state index in [0.717, 1.165) is 30.5 Å². The molecule has 0 bridgehead atoms. The topological polar surface area (TPSA) is 65.2 Å². The number of H-pyrrole nitrogens is 1. The van der Waals surface area contributed by atoms with Crippen molar-refractivity contribution in [2.24, 2.45) is 5.92 Å². The first-order chi connectivity index (χ1) is 14.6. The Labute approximate surface area is 176 Å². The Bertz CT molecular complexity index is 1130. The van der Waals surface area contributed by atoms with E-state index in [1.165, 1.54) is 34.1 Å². The highest BCUT2D eigenvalue weighted by Crippen LogP contribution is 2.27. The highest BCUT2D eigenvalue weighted by atomic mass is 16.2. The zero-order valence-electron chi connectivity index (χ0n) is 17.3. The number of rotatable bonds is 5. The Morgan fingerprint density at radius 1 is 1.17 bits per heavy atom. The Morgan fingerprint density at radius 2 is 2.03 bits per heavy atom. The van der Waals surface area contributed by atoms with Gasteiger partial charge in [-0.1, -0.05) is 17.7 Å². The van der Waals surface area contributed by atoms with Crippen LogP contribution in [0.5, 0.6) is 0 Å². The number of fused-ring (bicyclic) bond motifs is 2. The molecule has 2 N–H and O–H groups in total. The summed E-state index contributed by atoms with van der Waals surface area (Å²) in [6.45, 7) is 3.23. The Morgan fingerprint density at radius 3 is 2.93 bits per heavy atom. The number of amides is 2. The molecular weight excluding hydrogens is 374 g/mol. The number of carbonyl (C=O) groups is 2. The minimum absolute atomic E-state index is 0.0495. The summed E-state index contributed by atoms with van der Waals surface area (Å²) in [4.78, 5) is 30.4. The third kappa shape index (κ3) is 3.60. The summed E-state index contributed by atoms with van der Waals surface area (Å²) in [7, 11) is 0. The SMILES string of the molecule is Cc1ccc2[nH]cc(CCN3C[C@H](C(=O)Nc4ccc5c(c4)CCC5)CC3=O)c2c1. The van der Waals surface area contributed by atoms with Crippen molar-refractivity contribution in [3.63, 3.8) is 0 Å². The molecule has 5 rings (SSSR count). The van der Waals surface area contributed by atoms with Gasteiger partial charge in [-0.3, -0.25) is 9.59 Å². The molecule has 0 spiro atoms. The number of hydrogen-bond donors (Lipinski definition) is 2. The van der Waals surface area contributed by atoms with E-state index < -0.39 is 0 Å². The van der Waals surface area contributed by atoms with E-state index in [2.05, 4.69) is 47.6 Å². The maximum atomic E-state index is 12.8. The molecule has 0 saturated carbocycles. The number of nitrogens with zero attached hydrogens (tertiary/aromatic N) is 1. The van der Waals surface area contributed by atoms with Crippen molar-refractivity contribution in [2.45, 2.75) is 39.0 Å². The highest BCUT2D eigenvalue weighted by molar-refractivity contribution is 5.97. The van der Waals surface area contributed by atoms with E-state index >= 15 is 0 Å². The number of likely N-dealkylation sites (tertiary alicyclic amines) is 1. The van der Waals surface area contributed by atoms with Crippen LogP contribution >= 0.6 is 0 Å². The summed E-state index contributed by atoms with van der Waals surface area (Å²) in [5, 5.41) is 4.25. The summed E-state index contributed by atoms with van der Waals surface area (Å²) in [5.41, 5.74) is 7.14. The molecule has 1 saturated heterocycles. The van der Waals surface area contributed by atoms with Gasteiger partial charge in [0.05, 0.1) is 5.92 Å². The minimum Gasteiger partial charge on any atom is -0.361 e. The Balaban J connectivity index is 1.21. The first-order valence-corrected chi connectivity index (χ1v) is 10.8. The van der Waals surface area contributed by atoms with E-state index in [1.807, 2.05) is 17.2 Å². The van der Waals surface area contributed by atoms with Crippen molar-refractivity contribution in [3.05, 3.63) is 64.8 Å². The number of carbonyl (C=O) groups excluding carboxylic acids is 2. The van der Waals surface area contributed by atoms with Crippen molar-refractivity contribution < 1.29 is 9.59 Å². The molecule has 1 fully saturated rings. The third-order valence-electron chi connectivity index (χ3n) is 6.53. The molecule has 30 heavy (non-hydrogen) atoms. The summed E-state index contributed by atoms with van der Waals surface area (Å²) < 4.78 is 0. The predicted molar refractivity (Wildman–Crippen MR) is 119 cm³/mol. The van der Waals surface area contributed by atoms with Gasteiger partial charge in [0.1, 0.15) is 0 Å². The fraction of sp³-hybridized carbons (Fsp3) is 0.360. The van der Waals surface area contributed by atoms with Crippen molar-refractivity contribution in [3.8, 4) is 0 Å². The maximum absolute atomic E-state index is 12.8. The van der Waals surface area contributed by atoms with Crippen LogP contribution in [0.1, 0.15) is 35.1 Å². The zero-order valence-corrected chi connectivity index (χ0v) is 17.3. The summed E-state index contributed by atoms with van der Waals surface area (Å²) in [6.07, 6.45) is 6.52. The smallest absolute Gasteiger partial charge is 0.229 e. The van der Waals surface area contributed by atoms with Gasteiger partial charge in [-0.25, -0.2) is 0 Å². The fourth-order valence-corrected chi connectivity index (χ4v) is 4.81. The largest absolute Gasteiger partial charge is 0.361 e. The molecule has 2 amide bonds. The third-order valence-corrected chi connectivity index (χ3v) is 6.53. The van der Waals surface area contributed by atoms with E-state index in [0.29, 0.717) is 19.5 Å². The van der Waals surface area contributed by atoms with Gasteiger partial charge in [-0.15, -0.1) is 0 Å². The molecule has 2 aliphatic rings. The molecule has 0 unspecified atom stereocenters. The second-order valence-corrected chi connectivity index (χ2v) is 8.68. The number of nitrogens with one attached hydrogen (secondary N) is 2. The number of benzene rings is 2. The minimum atomic E-state index is -0.282. The highest BCUT2D eigenvalue weighted by Gasteiger charge is 2.34. The monoisotopic (exact) mass is 401 g/mol. The number of aromatic amines is 1. The second kappa shape index (κ2) is 7.63. The van der Waals surface area contributed by atoms with Gasteiger partial charge in [0, 0.05) is 42.3 Å². The van der Waals surface area contributed by atoms with Crippen LogP contribution in [0, 0.1) is 12.8 Å². The number of aromatic nitrogens is 1. The molecule has 5 heteroatoms. The molecule has 0 radical (unpaired) electrons. The second-order valence-electron chi connectivity index (χ2n) is 8.68. The molecule has 1 atom stereocenters. The number of hydrogen-bond acceptors (Lipinski definition) is 2. The van der Waals surface area contributed by atoms with E-state index in [1.54, 1.807) is 0 Å². The molecule has 1 aliphatic heterocycles. The molecular formula is C25H27N3O2. The fourth-order valence-electron chi connectivity index (χ4n) is 4.81. The lowest BCUT2D eigenvalue weighted by atomic mass is 10.1. The van der Waals surface area contributed by atoms with Gasteiger partial charge < -0.3 is 15.2 Å². The van der Waals surface area contributed by atoms with Gasteiger partial charge >= 0.3 is 0 Å². The van der Waals surface area contributed by atoms with Crippen molar-refractivity contribution in [1.29, 1.82) is 0 Å². The van der Waals surface area contributed by atoms with Crippen LogP contribution in [0.25, 0.3) is 10.9 Å². The summed E-state index contributed by atoms with van der Waals surface area (Å²) >= 11 is 0. The lowest BCUT2D eigenvalue weighted by Crippen LogP contribution is -2.30. The number of aryl methyl sites for hydroxylation is 3. The first kappa shape index (κ1) is 18.9. The Hall–Kier alpha value is -3.08. The summed E-state index contributed by atoms with van der Waals surface area (Å²) in [5.74, 6) is -0.261. The molecule has 3 aromatic rings. The quantitative estimate of drug-likeness (QED) is 0.679. The lowest BCUT2D eigenvalue weighted by molar-refractivity contribution is -0.128. The van der Waals surface area contributed by atoms with Crippen LogP contribution in [0.15, 0.2) is 42.6 Å². The number of anilines is 1. The van der Waals surface area contributed by atoms with Crippen molar-refractivity contribution >= 4 is 28.4 Å². The molecule has 5 nitrogen and oxygen atoms in total. The van der Waals surface area contributed by atoms with Gasteiger partial charge in [0.25, 0.3) is 0 Å².